The molecule has 2 nitrogen and oxygen atoms in total. The van der Waals surface area contributed by atoms with Gasteiger partial charge in [-0.15, -0.1) is 0 Å². The summed E-state index contributed by atoms with van der Waals surface area (Å²) in [4.78, 5) is 5.70. The maximum absolute atomic E-state index is 14.5. The van der Waals surface area contributed by atoms with Crippen LogP contribution < -0.4 is 0 Å². The summed E-state index contributed by atoms with van der Waals surface area (Å²) in [5.41, 5.74) is 3.60. The summed E-state index contributed by atoms with van der Waals surface area (Å²) in [5.74, 6) is -0.181. The molecule has 0 amide bonds. The Morgan fingerprint density at radius 3 is 2.58 bits per heavy atom. The number of likely N-dealkylation sites (tertiary alicyclic amines) is 1. The standard InChI is InChI=1S/C22H22F2N2/c1-26-10-8-16(9-11-26)20-14-25-22-7-2-15(12-19(20)22)13-21(24)17-3-5-18(23)6-4-17/h2-7,12-14,16,25H,8-11H2,1H3. The smallest absolute Gasteiger partial charge is 0.131 e. The fourth-order valence-electron chi connectivity index (χ4n) is 3.75. The third-order valence-electron chi connectivity index (χ3n) is 5.31. The van der Waals surface area contributed by atoms with Crippen LogP contribution >= 0.6 is 0 Å². The zero-order valence-electron chi connectivity index (χ0n) is 14.8. The highest BCUT2D eigenvalue weighted by Crippen LogP contribution is 2.34. The molecule has 3 aromatic rings. The van der Waals surface area contributed by atoms with Gasteiger partial charge >= 0.3 is 0 Å². The number of aromatic nitrogens is 1. The number of H-pyrrole nitrogens is 1. The van der Waals surface area contributed by atoms with Crippen LogP contribution in [0.4, 0.5) is 8.78 Å². The third kappa shape index (κ3) is 3.42. The van der Waals surface area contributed by atoms with Gasteiger partial charge in [0, 0.05) is 22.7 Å². The van der Waals surface area contributed by atoms with Crippen molar-refractivity contribution in [2.45, 2.75) is 18.8 Å². The van der Waals surface area contributed by atoms with Crippen molar-refractivity contribution in [1.29, 1.82) is 0 Å². The van der Waals surface area contributed by atoms with Crippen molar-refractivity contribution in [3.63, 3.8) is 0 Å². The molecule has 134 valence electrons. The molecule has 2 heterocycles. The summed E-state index contributed by atoms with van der Waals surface area (Å²) in [5, 5.41) is 1.17. The molecular weight excluding hydrogens is 330 g/mol. The molecule has 1 aliphatic rings. The molecule has 4 heteroatoms. The van der Waals surface area contributed by atoms with E-state index in [4.69, 9.17) is 0 Å². The molecule has 1 fully saturated rings. The summed E-state index contributed by atoms with van der Waals surface area (Å²) >= 11 is 0. The van der Waals surface area contributed by atoms with E-state index in [0.717, 1.165) is 37.0 Å². The molecule has 0 atom stereocenters. The van der Waals surface area contributed by atoms with Crippen LogP contribution in [0.3, 0.4) is 0 Å². The van der Waals surface area contributed by atoms with Crippen molar-refractivity contribution >= 4 is 22.8 Å². The minimum absolute atomic E-state index is 0.360. The van der Waals surface area contributed by atoms with Crippen LogP contribution in [0.25, 0.3) is 22.8 Å². The fourth-order valence-corrected chi connectivity index (χ4v) is 3.75. The highest BCUT2D eigenvalue weighted by atomic mass is 19.1. The fraction of sp³-hybridized carbons (Fsp3) is 0.273. The number of fused-ring (bicyclic) bond motifs is 1. The summed E-state index contributed by atoms with van der Waals surface area (Å²) in [6.45, 7) is 2.21. The van der Waals surface area contributed by atoms with E-state index in [1.54, 1.807) is 0 Å². The molecule has 2 aromatic carbocycles. The highest BCUT2D eigenvalue weighted by Gasteiger charge is 2.21. The van der Waals surface area contributed by atoms with Gasteiger partial charge in [-0.25, -0.2) is 8.78 Å². The molecule has 1 N–H and O–H groups in total. The van der Waals surface area contributed by atoms with Gasteiger partial charge in [0.1, 0.15) is 11.6 Å². The molecule has 1 saturated heterocycles. The van der Waals surface area contributed by atoms with Gasteiger partial charge in [-0.3, -0.25) is 0 Å². The van der Waals surface area contributed by atoms with Gasteiger partial charge in [0.15, 0.2) is 0 Å². The molecule has 0 unspecified atom stereocenters. The molecule has 1 aliphatic heterocycles. The topological polar surface area (TPSA) is 19.0 Å². The first kappa shape index (κ1) is 17.0. The van der Waals surface area contributed by atoms with Gasteiger partial charge < -0.3 is 9.88 Å². The molecule has 4 rings (SSSR count). The summed E-state index contributed by atoms with van der Waals surface area (Å²) in [6, 6.07) is 11.4. The summed E-state index contributed by atoms with van der Waals surface area (Å²) < 4.78 is 27.5. The van der Waals surface area contributed by atoms with Crippen molar-refractivity contribution in [2.24, 2.45) is 0 Å². The number of hydrogen-bond donors (Lipinski definition) is 1. The molecule has 0 spiro atoms. The van der Waals surface area contributed by atoms with E-state index in [2.05, 4.69) is 23.1 Å². The van der Waals surface area contributed by atoms with Crippen molar-refractivity contribution < 1.29 is 8.78 Å². The quantitative estimate of drug-likeness (QED) is 0.609. The number of nitrogens with one attached hydrogen (secondary N) is 1. The average Bonchev–Trinajstić information content (AvgIpc) is 3.06. The molecule has 1 aromatic heterocycles. The Morgan fingerprint density at radius 1 is 1.12 bits per heavy atom. The van der Waals surface area contributed by atoms with Crippen LogP contribution in [0.5, 0.6) is 0 Å². The second kappa shape index (κ2) is 7.04. The molecule has 0 radical (unpaired) electrons. The van der Waals surface area contributed by atoms with Crippen molar-refractivity contribution in [2.75, 3.05) is 20.1 Å². The van der Waals surface area contributed by atoms with Crippen LogP contribution in [-0.4, -0.2) is 30.0 Å². The lowest BCUT2D eigenvalue weighted by molar-refractivity contribution is 0.256. The van der Waals surface area contributed by atoms with E-state index >= 15 is 0 Å². The normalized spacial score (nSPS) is 17.1. The molecule has 0 aliphatic carbocycles. The zero-order chi connectivity index (χ0) is 18.1. The Morgan fingerprint density at radius 2 is 1.85 bits per heavy atom. The number of halogens is 2. The van der Waals surface area contributed by atoms with Crippen LogP contribution in [0.15, 0.2) is 48.7 Å². The molecule has 0 bridgehead atoms. The van der Waals surface area contributed by atoms with Crippen LogP contribution in [-0.2, 0) is 0 Å². The minimum atomic E-state index is -0.363. The second-order valence-corrected chi connectivity index (χ2v) is 7.13. The van der Waals surface area contributed by atoms with E-state index in [0.29, 0.717) is 11.5 Å². The maximum Gasteiger partial charge on any atom is 0.131 e. The van der Waals surface area contributed by atoms with Crippen molar-refractivity contribution in [3.8, 4) is 0 Å². The monoisotopic (exact) mass is 352 g/mol. The number of rotatable bonds is 3. The van der Waals surface area contributed by atoms with Gasteiger partial charge in [-0.2, -0.15) is 0 Å². The van der Waals surface area contributed by atoms with E-state index in [1.807, 2.05) is 18.2 Å². The first-order chi connectivity index (χ1) is 12.6. The van der Waals surface area contributed by atoms with E-state index in [-0.39, 0.29) is 11.6 Å². The van der Waals surface area contributed by atoms with Crippen LogP contribution in [0, 0.1) is 5.82 Å². The van der Waals surface area contributed by atoms with E-state index in [1.165, 1.54) is 41.3 Å². The Kier molecular flexibility index (Phi) is 4.60. The predicted molar refractivity (Wildman–Crippen MR) is 103 cm³/mol. The molecule has 0 saturated carbocycles. The lowest BCUT2D eigenvalue weighted by atomic mass is 9.89. The van der Waals surface area contributed by atoms with E-state index < -0.39 is 0 Å². The minimum Gasteiger partial charge on any atom is -0.361 e. The van der Waals surface area contributed by atoms with Gasteiger partial charge in [0.2, 0.25) is 0 Å². The number of piperidine rings is 1. The third-order valence-corrected chi connectivity index (χ3v) is 5.31. The number of aromatic amines is 1. The van der Waals surface area contributed by atoms with Gasteiger partial charge in [-0.1, -0.05) is 6.07 Å². The molecular formula is C22H22F2N2. The van der Waals surface area contributed by atoms with Gasteiger partial charge in [0.05, 0.1) is 0 Å². The number of benzene rings is 2. The summed E-state index contributed by atoms with van der Waals surface area (Å²) in [6.07, 6.45) is 5.91. The average molecular weight is 352 g/mol. The Bertz CT molecular complexity index is 932. The van der Waals surface area contributed by atoms with Gasteiger partial charge in [0.25, 0.3) is 0 Å². The predicted octanol–water partition coefficient (Wildman–Crippen LogP) is 5.58. The first-order valence-electron chi connectivity index (χ1n) is 9.03. The second-order valence-electron chi connectivity index (χ2n) is 7.13. The Balaban J connectivity index is 1.65. The largest absolute Gasteiger partial charge is 0.361 e. The van der Waals surface area contributed by atoms with Crippen LogP contribution in [0.2, 0.25) is 0 Å². The SMILES string of the molecule is CN1CCC(c2c[nH]c3ccc(C=C(F)c4ccc(F)cc4)cc23)CC1. The van der Waals surface area contributed by atoms with E-state index in [9.17, 15) is 8.78 Å². The number of hydrogen-bond acceptors (Lipinski definition) is 1. The van der Waals surface area contributed by atoms with Crippen LogP contribution in [0.1, 0.15) is 35.4 Å². The molecule has 26 heavy (non-hydrogen) atoms. The Hall–Kier alpha value is -2.46. The van der Waals surface area contributed by atoms with Gasteiger partial charge in [-0.05, 0) is 92.5 Å². The maximum atomic E-state index is 14.5. The zero-order valence-corrected chi connectivity index (χ0v) is 14.8. The summed E-state index contributed by atoms with van der Waals surface area (Å²) in [7, 11) is 2.16. The Labute approximate surface area is 152 Å². The number of nitrogens with zero attached hydrogens (tertiary/aromatic N) is 1. The van der Waals surface area contributed by atoms with Crippen molar-refractivity contribution in [3.05, 3.63) is 71.2 Å². The van der Waals surface area contributed by atoms with Crippen molar-refractivity contribution in [1.82, 2.24) is 9.88 Å². The lowest BCUT2D eigenvalue weighted by Gasteiger charge is -2.28. The lowest BCUT2D eigenvalue weighted by Crippen LogP contribution is -2.29. The highest BCUT2D eigenvalue weighted by molar-refractivity contribution is 5.88. The first-order valence-corrected chi connectivity index (χ1v) is 9.03.